The van der Waals surface area contributed by atoms with Crippen molar-refractivity contribution in [2.75, 3.05) is 0 Å². The van der Waals surface area contributed by atoms with Gasteiger partial charge in [0.15, 0.2) is 0 Å². The van der Waals surface area contributed by atoms with E-state index in [0.717, 1.165) is 4.83 Å². The molecule has 14 heavy (non-hydrogen) atoms. The zero-order chi connectivity index (χ0) is 10.2. The molecule has 0 saturated carbocycles. The van der Waals surface area contributed by atoms with Crippen LogP contribution in [0.5, 0.6) is 0 Å². The molecule has 0 unspecified atom stereocenters. The lowest BCUT2D eigenvalue weighted by atomic mass is 10.2. The van der Waals surface area contributed by atoms with E-state index in [0.29, 0.717) is 0 Å². The van der Waals surface area contributed by atoms with Crippen LogP contribution in [0, 0.1) is 0 Å². The third-order valence-corrected chi connectivity index (χ3v) is 7.93. The number of alkyl halides is 1. The van der Waals surface area contributed by atoms with Crippen molar-refractivity contribution in [2.24, 2.45) is 0 Å². The van der Waals surface area contributed by atoms with Gasteiger partial charge in [0.1, 0.15) is 0 Å². The Morgan fingerprint density at radius 1 is 1.07 bits per heavy atom. The Bertz CT molecular complexity index is 130. The molecule has 0 nitrogen and oxygen atoms in total. The van der Waals surface area contributed by atoms with Gasteiger partial charge in [-0.05, 0) is 12.8 Å². The standard InChI is InChI=1S/C12H25BrSi/c1-2-3-4-5-6-9-14-10-7-12(13)8-11-14/h12,14H,2-11H2,1H3. The molecule has 0 spiro atoms. The molecule has 0 atom stereocenters. The highest BCUT2D eigenvalue weighted by atomic mass is 79.9. The van der Waals surface area contributed by atoms with E-state index in [9.17, 15) is 0 Å². The zero-order valence-corrected chi connectivity index (χ0v) is 12.3. The molecule has 1 aliphatic rings. The van der Waals surface area contributed by atoms with Gasteiger partial charge in [0, 0.05) is 13.6 Å². The van der Waals surface area contributed by atoms with Gasteiger partial charge in [-0.25, -0.2) is 0 Å². The van der Waals surface area contributed by atoms with E-state index < -0.39 is 0 Å². The summed E-state index contributed by atoms with van der Waals surface area (Å²) in [6, 6.07) is 4.87. The fourth-order valence-corrected chi connectivity index (χ4v) is 7.43. The normalized spacial score (nSPS) is 27.9. The molecule has 0 aromatic rings. The fourth-order valence-electron chi connectivity index (χ4n) is 2.45. The molecule has 1 heterocycles. The summed E-state index contributed by atoms with van der Waals surface area (Å²) in [7, 11) is -0.246. The summed E-state index contributed by atoms with van der Waals surface area (Å²) in [6.07, 6.45) is 10.3. The van der Waals surface area contributed by atoms with Crippen molar-refractivity contribution in [3.63, 3.8) is 0 Å². The second kappa shape index (κ2) is 7.92. The van der Waals surface area contributed by atoms with E-state index in [4.69, 9.17) is 0 Å². The van der Waals surface area contributed by atoms with Crippen molar-refractivity contribution in [1.29, 1.82) is 0 Å². The molecule has 84 valence electrons. The van der Waals surface area contributed by atoms with E-state index in [1.807, 2.05) is 0 Å². The van der Waals surface area contributed by atoms with Crippen LogP contribution in [0.4, 0.5) is 0 Å². The van der Waals surface area contributed by atoms with E-state index in [-0.39, 0.29) is 8.80 Å². The molecular weight excluding hydrogens is 252 g/mol. The summed E-state index contributed by atoms with van der Waals surface area (Å²) in [6.45, 7) is 2.30. The first-order chi connectivity index (χ1) is 6.83. The molecule has 1 aliphatic heterocycles. The molecule has 0 aliphatic carbocycles. The van der Waals surface area contributed by atoms with Crippen molar-refractivity contribution in [3.8, 4) is 0 Å². The van der Waals surface area contributed by atoms with Crippen LogP contribution in [0.25, 0.3) is 0 Å². The van der Waals surface area contributed by atoms with Gasteiger partial charge in [-0.3, -0.25) is 0 Å². The Balaban J connectivity index is 1.91. The van der Waals surface area contributed by atoms with Gasteiger partial charge in [-0.1, -0.05) is 73.1 Å². The Labute approximate surface area is 99.6 Å². The van der Waals surface area contributed by atoms with Crippen molar-refractivity contribution in [3.05, 3.63) is 0 Å². The Hall–Kier alpha value is 0.697. The van der Waals surface area contributed by atoms with Crippen LogP contribution in [0.1, 0.15) is 51.9 Å². The Kier molecular flexibility index (Phi) is 7.22. The highest BCUT2D eigenvalue weighted by molar-refractivity contribution is 9.09. The van der Waals surface area contributed by atoms with Crippen LogP contribution >= 0.6 is 15.9 Å². The molecule has 1 rings (SSSR count). The lowest BCUT2D eigenvalue weighted by Gasteiger charge is -2.23. The van der Waals surface area contributed by atoms with Crippen LogP contribution in [0.15, 0.2) is 0 Å². The molecule has 0 radical (unpaired) electrons. The van der Waals surface area contributed by atoms with E-state index in [1.54, 1.807) is 24.6 Å². The van der Waals surface area contributed by atoms with Gasteiger partial charge >= 0.3 is 0 Å². The summed E-state index contributed by atoms with van der Waals surface area (Å²) in [4.78, 5) is 0.867. The number of hydrogen-bond donors (Lipinski definition) is 0. The molecule has 0 bridgehead atoms. The van der Waals surface area contributed by atoms with Gasteiger partial charge in [0.25, 0.3) is 0 Å². The van der Waals surface area contributed by atoms with Crippen molar-refractivity contribution in [2.45, 2.75) is 74.8 Å². The van der Waals surface area contributed by atoms with Crippen LogP contribution in [-0.2, 0) is 0 Å². The predicted molar refractivity (Wildman–Crippen MR) is 72.3 cm³/mol. The molecule has 0 amide bonds. The number of rotatable bonds is 6. The molecule has 0 N–H and O–H groups in total. The molecule has 0 aromatic heterocycles. The predicted octanol–water partition coefficient (Wildman–Crippen LogP) is 4.74. The van der Waals surface area contributed by atoms with Crippen molar-refractivity contribution >= 4 is 24.7 Å². The van der Waals surface area contributed by atoms with E-state index in [1.165, 1.54) is 38.5 Å². The molecule has 0 aromatic carbocycles. The van der Waals surface area contributed by atoms with Crippen LogP contribution in [-0.4, -0.2) is 13.6 Å². The molecular formula is C12H25BrSi. The quantitative estimate of drug-likeness (QED) is 0.373. The van der Waals surface area contributed by atoms with Gasteiger partial charge in [0.05, 0.1) is 0 Å². The van der Waals surface area contributed by atoms with Gasteiger partial charge in [-0.15, -0.1) is 0 Å². The first-order valence-corrected chi connectivity index (χ1v) is 9.83. The second-order valence-electron chi connectivity index (χ2n) is 4.82. The van der Waals surface area contributed by atoms with Crippen LogP contribution in [0.2, 0.25) is 18.1 Å². The van der Waals surface area contributed by atoms with Crippen molar-refractivity contribution in [1.82, 2.24) is 0 Å². The number of hydrogen-bond acceptors (Lipinski definition) is 0. The number of unbranched alkanes of at least 4 members (excludes halogenated alkanes) is 4. The van der Waals surface area contributed by atoms with Gasteiger partial charge in [-0.2, -0.15) is 0 Å². The van der Waals surface area contributed by atoms with Crippen LogP contribution in [0.3, 0.4) is 0 Å². The highest BCUT2D eigenvalue weighted by Gasteiger charge is 2.19. The fraction of sp³-hybridized carbons (Fsp3) is 1.00. The SMILES string of the molecule is CCCCCCC[SiH]1CCC(Br)CC1. The third kappa shape index (κ3) is 5.55. The van der Waals surface area contributed by atoms with E-state index in [2.05, 4.69) is 22.9 Å². The van der Waals surface area contributed by atoms with Crippen LogP contribution < -0.4 is 0 Å². The van der Waals surface area contributed by atoms with Crippen molar-refractivity contribution < 1.29 is 0 Å². The monoisotopic (exact) mass is 276 g/mol. The average Bonchev–Trinajstić information content (AvgIpc) is 2.21. The lowest BCUT2D eigenvalue weighted by molar-refractivity contribution is 0.649. The zero-order valence-electron chi connectivity index (χ0n) is 9.60. The first-order valence-electron chi connectivity index (χ1n) is 6.47. The molecule has 1 fully saturated rings. The maximum Gasteiger partial charge on any atom is 0.0368 e. The minimum absolute atomic E-state index is 0.246. The molecule has 1 saturated heterocycles. The highest BCUT2D eigenvalue weighted by Crippen LogP contribution is 2.28. The molecule has 2 heteroatoms. The Morgan fingerprint density at radius 3 is 2.36 bits per heavy atom. The topological polar surface area (TPSA) is 0 Å². The second-order valence-corrected chi connectivity index (χ2v) is 9.58. The summed E-state index contributed by atoms with van der Waals surface area (Å²) in [5.41, 5.74) is 0. The smallest absolute Gasteiger partial charge is 0.0368 e. The van der Waals surface area contributed by atoms with E-state index >= 15 is 0 Å². The summed E-state index contributed by atoms with van der Waals surface area (Å²) in [5.74, 6) is 0. The number of halogens is 1. The minimum Gasteiger partial charge on any atom is -0.0891 e. The van der Waals surface area contributed by atoms with Gasteiger partial charge in [0.2, 0.25) is 0 Å². The van der Waals surface area contributed by atoms with Gasteiger partial charge < -0.3 is 0 Å². The average molecular weight is 277 g/mol. The lowest BCUT2D eigenvalue weighted by Crippen LogP contribution is -2.20. The summed E-state index contributed by atoms with van der Waals surface area (Å²) in [5, 5.41) is 0. The maximum atomic E-state index is 3.74. The first kappa shape index (κ1) is 12.8. The summed E-state index contributed by atoms with van der Waals surface area (Å²) >= 11 is 3.74. The third-order valence-electron chi connectivity index (χ3n) is 3.49. The maximum absolute atomic E-state index is 3.74. The minimum atomic E-state index is -0.246. The summed E-state index contributed by atoms with van der Waals surface area (Å²) < 4.78 is 0. The Morgan fingerprint density at radius 2 is 1.71 bits per heavy atom. The largest absolute Gasteiger partial charge is 0.0891 e.